The predicted molar refractivity (Wildman–Crippen MR) is 112 cm³/mol. The summed E-state index contributed by atoms with van der Waals surface area (Å²) in [6.45, 7) is 0. The monoisotopic (exact) mass is 419 g/mol. The van der Waals surface area contributed by atoms with Crippen LogP contribution in [0.15, 0.2) is 77.2 Å². The van der Waals surface area contributed by atoms with Crippen LogP contribution >= 0.6 is 0 Å². The predicted octanol–water partition coefficient (Wildman–Crippen LogP) is 4.98. The second-order valence-corrected chi connectivity index (χ2v) is 6.49. The standard InChI is InChI=1S/C22H14FN3O5/c23-17-7-3-1-5-15(17)21(27)25-19-16-6-2-4-8-18(16)31-20(19)22(28)24-13-9-11-14(12-10-13)26(29)30/h1-12H,(H,24,28)(H,25,27). The summed E-state index contributed by atoms with van der Waals surface area (Å²) >= 11 is 0. The lowest BCUT2D eigenvalue weighted by molar-refractivity contribution is -0.384. The lowest BCUT2D eigenvalue weighted by Crippen LogP contribution is -2.18. The SMILES string of the molecule is O=C(Nc1c(C(=O)Nc2ccc([N+](=O)[O-])cc2)oc2ccccc12)c1ccccc1F. The zero-order chi connectivity index (χ0) is 22.0. The maximum Gasteiger partial charge on any atom is 0.293 e. The van der Waals surface area contributed by atoms with Crippen LogP contribution in [0.1, 0.15) is 20.9 Å². The number of nitrogens with one attached hydrogen (secondary N) is 2. The number of carbonyl (C=O) groups excluding carboxylic acids is 2. The maximum absolute atomic E-state index is 14.0. The number of nitro groups is 1. The van der Waals surface area contributed by atoms with Gasteiger partial charge >= 0.3 is 0 Å². The molecule has 1 heterocycles. The largest absolute Gasteiger partial charge is 0.449 e. The van der Waals surface area contributed by atoms with Crippen LogP contribution in [-0.4, -0.2) is 16.7 Å². The van der Waals surface area contributed by atoms with E-state index < -0.39 is 22.6 Å². The number of hydrogen-bond donors (Lipinski definition) is 2. The van der Waals surface area contributed by atoms with Crippen LogP contribution in [0.25, 0.3) is 11.0 Å². The van der Waals surface area contributed by atoms with Crippen molar-refractivity contribution in [2.75, 3.05) is 10.6 Å². The van der Waals surface area contributed by atoms with Crippen LogP contribution in [0.5, 0.6) is 0 Å². The number of non-ortho nitro benzene ring substituents is 1. The van der Waals surface area contributed by atoms with Gasteiger partial charge in [-0.25, -0.2) is 4.39 Å². The van der Waals surface area contributed by atoms with Crippen molar-refractivity contribution in [1.82, 2.24) is 0 Å². The Balaban J connectivity index is 1.67. The zero-order valence-electron chi connectivity index (χ0n) is 15.8. The molecule has 2 amide bonds. The number of benzene rings is 3. The average Bonchev–Trinajstić information content (AvgIpc) is 3.13. The average molecular weight is 419 g/mol. The molecule has 0 atom stereocenters. The Hall–Kier alpha value is -4.53. The van der Waals surface area contributed by atoms with E-state index in [4.69, 9.17) is 4.42 Å². The number of hydrogen-bond acceptors (Lipinski definition) is 5. The Morgan fingerprint density at radius 1 is 0.871 bits per heavy atom. The van der Waals surface area contributed by atoms with Crippen molar-refractivity contribution in [3.05, 3.63) is 100 Å². The van der Waals surface area contributed by atoms with E-state index >= 15 is 0 Å². The van der Waals surface area contributed by atoms with E-state index in [1.54, 1.807) is 24.3 Å². The maximum atomic E-state index is 14.0. The van der Waals surface area contributed by atoms with Crippen molar-refractivity contribution in [1.29, 1.82) is 0 Å². The van der Waals surface area contributed by atoms with Gasteiger partial charge in [-0.2, -0.15) is 0 Å². The smallest absolute Gasteiger partial charge is 0.293 e. The van der Waals surface area contributed by atoms with E-state index in [2.05, 4.69) is 10.6 Å². The Bertz CT molecular complexity index is 1310. The fraction of sp³-hybridized carbons (Fsp3) is 0. The molecule has 0 fully saturated rings. The first-order valence-corrected chi connectivity index (χ1v) is 9.07. The summed E-state index contributed by atoms with van der Waals surface area (Å²) in [4.78, 5) is 35.7. The van der Waals surface area contributed by atoms with Crippen LogP contribution in [0.2, 0.25) is 0 Å². The van der Waals surface area contributed by atoms with Crippen LogP contribution < -0.4 is 10.6 Å². The topological polar surface area (TPSA) is 114 Å². The Morgan fingerprint density at radius 2 is 1.55 bits per heavy atom. The molecule has 0 aliphatic rings. The number of nitrogens with zero attached hydrogens (tertiary/aromatic N) is 1. The van der Waals surface area contributed by atoms with Gasteiger partial charge in [0.15, 0.2) is 0 Å². The number of rotatable bonds is 5. The number of fused-ring (bicyclic) bond motifs is 1. The number of halogens is 1. The molecule has 4 aromatic rings. The quantitative estimate of drug-likeness (QED) is 0.350. The molecule has 9 heteroatoms. The summed E-state index contributed by atoms with van der Waals surface area (Å²) < 4.78 is 19.6. The molecule has 31 heavy (non-hydrogen) atoms. The Morgan fingerprint density at radius 3 is 2.26 bits per heavy atom. The molecule has 1 aromatic heterocycles. The summed E-state index contributed by atoms with van der Waals surface area (Å²) in [5.41, 5.74) is 0.417. The second kappa shape index (κ2) is 8.07. The molecule has 0 bridgehead atoms. The molecule has 0 unspecified atom stereocenters. The minimum Gasteiger partial charge on any atom is -0.449 e. The molecular formula is C22H14FN3O5. The highest BCUT2D eigenvalue weighted by Gasteiger charge is 2.24. The van der Waals surface area contributed by atoms with Crippen molar-refractivity contribution in [3.8, 4) is 0 Å². The lowest BCUT2D eigenvalue weighted by Gasteiger charge is -2.08. The van der Waals surface area contributed by atoms with Gasteiger partial charge in [-0.05, 0) is 36.4 Å². The highest BCUT2D eigenvalue weighted by atomic mass is 19.1. The van der Waals surface area contributed by atoms with Crippen LogP contribution in [0, 0.1) is 15.9 Å². The number of carbonyl (C=O) groups is 2. The first-order chi connectivity index (χ1) is 14.9. The van der Waals surface area contributed by atoms with Gasteiger partial charge in [0.1, 0.15) is 17.1 Å². The van der Waals surface area contributed by atoms with Gasteiger partial charge in [0.2, 0.25) is 5.76 Å². The van der Waals surface area contributed by atoms with Crippen molar-refractivity contribution < 1.29 is 23.3 Å². The highest BCUT2D eigenvalue weighted by molar-refractivity contribution is 6.16. The van der Waals surface area contributed by atoms with E-state index in [1.165, 1.54) is 42.5 Å². The molecule has 0 radical (unpaired) electrons. The molecule has 0 saturated carbocycles. The van der Waals surface area contributed by atoms with Crippen molar-refractivity contribution in [2.24, 2.45) is 0 Å². The minimum absolute atomic E-state index is 0.0864. The van der Waals surface area contributed by atoms with Gasteiger partial charge in [0, 0.05) is 23.2 Å². The molecular weight excluding hydrogens is 405 g/mol. The first-order valence-electron chi connectivity index (χ1n) is 9.07. The summed E-state index contributed by atoms with van der Waals surface area (Å²) in [6.07, 6.45) is 0. The van der Waals surface area contributed by atoms with E-state index in [9.17, 15) is 24.1 Å². The summed E-state index contributed by atoms with van der Waals surface area (Å²) in [5, 5.41) is 16.4. The Kier molecular flexibility index (Phi) is 5.15. The molecule has 8 nitrogen and oxygen atoms in total. The van der Waals surface area contributed by atoms with Crippen LogP contribution in [-0.2, 0) is 0 Å². The van der Waals surface area contributed by atoms with Gasteiger partial charge in [-0.15, -0.1) is 0 Å². The van der Waals surface area contributed by atoms with Gasteiger partial charge in [0.05, 0.1) is 10.5 Å². The molecule has 0 saturated heterocycles. The highest BCUT2D eigenvalue weighted by Crippen LogP contribution is 2.32. The number of amides is 2. The molecule has 2 N–H and O–H groups in total. The third kappa shape index (κ3) is 3.97. The number of nitro benzene ring substituents is 1. The van der Waals surface area contributed by atoms with Crippen molar-refractivity contribution in [2.45, 2.75) is 0 Å². The molecule has 4 rings (SSSR count). The third-order valence-corrected chi connectivity index (χ3v) is 4.49. The van der Waals surface area contributed by atoms with Crippen molar-refractivity contribution >= 4 is 39.8 Å². The molecule has 154 valence electrons. The zero-order valence-corrected chi connectivity index (χ0v) is 15.8. The molecule has 0 aliphatic carbocycles. The van der Waals surface area contributed by atoms with E-state index in [0.717, 1.165) is 6.07 Å². The lowest BCUT2D eigenvalue weighted by atomic mass is 10.1. The minimum atomic E-state index is -0.742. The van der Waals surface area contributed by atoms with E-state index in [1.807, 2.05) is 0 Å². The fourth-order valence-electron chi connectivity index (χ4n) is 3.01. The molecule has 0 aliphatic heterocycles. The van der Waals surface area contributed by atoms with E-state index in [0.29, 0.717) is 16.7 Å². The normalized spacial score (nSPS) is 10.6. The van der Waals surface area contributed by atoms with Gasteiger partial charge in [-0.3, -0.25) is 19.7 Å². The number of furan rings is 1. The fourth-order valence-corrected chi connectivity index (χ4v) is 3.01. The molecule has 3 aromatic carbocycles. The summed E-state index contributed by atoms with van der Waals surface area (Å²) in [7, 11) is 0. The van der Waals surface area contributed by atoms with Crippen LogP contribution in [0.4, 0.5) is 21.5 Å². The van der Waals surface area contributed by atoms with Gasteiger partial charge in [0.25, 0.3) is 17.5 Å². The first kappa shape index (κ1) is 19.8. The molecule has 0 spiro atoms. The van der Waals surface area contributed by atoms with Crippen molar-refractivity contribution in [3.63, 3.8) is 0 Å². The summed E-state index contributed by atoms with van der Waals surface area (Å²) in [6, 6.07) is 17.4. The third-order valence-electron chi connectivity index (χ3n) is 4.49. The second-order valence-electron chi connectivity index (χ2n) is 6.49. The Labute approximate surface area is 174 Å². The van der Waals surface area contributed by atoms with E-state index in [-0.39, 0.29) is 22.7 Å². The summed E-state index contributed by atoms with van der Waals surface area (Å²) in [5.74, 6) is -2.32. The number of anilines is 2. The van der Waals surface area contributed by atoms with Gasteiger partial charge < -0.3 is 15.1 Å². The number of para-hydroxylation sites is 1. The van der Waals surface area contributed by atoms with Crippen LogP contribution in [0.3, 0.4) is 0 Å². The van der Waals surface area contributed by atoms with Gasteiger partial charge in [-0.1, -0.05) is 24.3 Å².